The zero-order chi connectivity index (χ0) is 8.72. The normalized spacial score (nSPS) is 10.9. The van der Waals surface area contributed by atoms with Crippen LogP contribution >= 0.6 is 23.2 Å². The summed E-state index contributed by atoms with van der Waals surface area (Å²) in [5.41, 5.74) is 1.57. The Bertz CT molecular complexity index is 435. The molecule has 0 spiro atoms. The third-order valence-corrected chi connectivity index (χ3v) is 2.11. The summed E-state index contributed by atoms with van der Waals surface area (Å²) < 4.78 is 1.86. The first-order valence-electron chi connectivity index (χ1n) is 3.31. The average molecular weight is 202 g/mol. The molecule has 3 nitrogen and oxygen atoms in total. The molecule has 62 valence electrons. The Morgan fingerprint density at radius 1 is 1.42 bits per heavy atom. The van der Waals surface area contributed by atoms with Gasteiger partial charge in [0.25, 0.3) is 0 Å². The van der Waals surface area contributed by atoms with E-state index in [0.29, 0.717) is 10.5 Å². The van der Waals surface area contributed by atoms with Crippen LogP contribution in [0.3, 0.4) is 0 Å². The first kappa shape index (κ1) is 7.83. The number of halogens is 2. The van der Waals surface area contributed by atoms with Crippen molar-refractivity contribution in [1.82, 2.24) is 14.5 Å². The van der Waals surface area contributed by atoms with E-state index in [-0.39, 0.29) is 5.28 Å². The summed E-state index contributed by atoms with van der Waals surface area (Å²) in [5.74, 6) is 0. The largest absolute Gasteiger partial charge is 0.346 e. The Morgan fingerprint density at radius 2 is 2.17 bits per heavy atom. The lowest BCUT2D eigenvalue weighted by molar-refractivity contribution is 0.962. The molecular weight excluding hydrogens is 197 g/mol. The first-order valence-corrected chi connectivity index (χ1v) is 4.07. The fourth-order valence-corrected chi connectivity index (χ4v) is 1.51. The summed E-state index contributed by atoms with van der Waals surface area (Å²) in [6, 6.07) is 0. The Hall–Kier alpha value is -0.800. The van der Waals surface area contributed by atoms with E-state index >= 15 is 0 Å². The van der Waals surface area contributed by atoms with Gasteiger partial charge in [-0.3, -0.25) is 0 Å². The van der Waals surface area contributed by atoms with Gasteiger partial charge in [-0.25, -0.2) is 9.97 Å². The highest BCUT2D eigenvalue weighted by Gasteiger charge is 2.06. The lowest BCUT2D eigenvalue weighted by Crippen LogP contribution is -1.86. The minimum Gasteiger partial charge on any atom is -0.346 e. The topological polar surface area (TPSA) is 30.7 Å². The van der Waals surface area contributed by atoms with Gasteiger partial charge in [0.05, 0.1) is 16.7 Å². The standard InChI is InChI=1S/C7H5Cl2N3/c1-12-3-4(8)6-5(12)2-10-7(9)11-6/h2-3H,1H3. The van der Waals surface area contributed by atoms with Crippen molar-refractivity contribution < 1.29 is 0 Å². The van der Waals surface area contributed by atoms with Crippen LogP contribution in [0.5, 0.6) is 0 Å². The molecule has 0 bridgehead atoms. The van der Waals surface area contributed by atoms with Crippen LogP contribution in [0.2, 0.25) is 10.3 Å². The van der Waals surface area contributed by atoms with Crippen molar-refractivity contribution in [2.24, 2.45) is 7.05 Å². The molecular formula is C7H5Cl2N3. The van der Waals surface area contributed by atoms with Crippen molar-refractivity contribution >= 4 is 34.2 Å². The summed E-state index contributed by atoms with van der Waals surface area (Å²) in [7, 11) is 1.88. The number of hydrogen-bond acceptors (Lipinski definition) is 2. The molecule has 0 radical (unpaired) electrons. The van der Waals surface area contributed by atoms with Gasteiger partial charge < -0.3 is 4.57 Å². The van der Waals surface area contributed by atoms with Crippen LogP contribution in [0.4, 0.5) is 0 Å². The molecule has 0 unspecified atom stereocenters. The molecule has 12 heavy (non-hydrogen) atoms. The lowest BCUT2D eigenvalue weighted by Gasteiger charge is -1.93. The Morgan fingerprint density at radius 3 is 2.92 bits per heavy atom. The van der Waals surface area contributed by atoms with Crippen LogP contribution in [0.1, 0.15) is 0 Å². The van der Waals surface area contributed by atoms with Gasteiger partial charge in [0, 0.05) is 13.2 Å². The maximum Gasteiger partial charge on any atom is 0.223 e. The predicted octanol–water partition coefficient (Wildman–Crippen LogP) is 2.28. The summed E-state index contributed by atoms with van der Waals surface area (Å²) in [4.78, 5) is 7.85. The fraction of sp³-hybridized carbons (Fsp3) is 0.143. The van der Waals surface area contributed by atoms with Gasteiger partial charge in [-0.2, -0.15) is 0 Å². The summed E-state index contributed by atoms with van der Waals surface area (Å²) in [6.45, 7) is 0. The van der Waals surface area contributed by atoms with Crippen molar-refractivity contribution in [3.8, 4) is 0 Å². The van der Waals surface area contributed by atoms with Crippen molar-refractivity contribution in [3.63, 3.8) is 0 Å². The highest BCUT2D eigenvalue weighted by atomic mass is 35.5. The van der Waals surface area contributed by atoms with Gasteiger partial charge in [0.15, 0.2) is 0 Å². The summed E-state index contributed by atoms with van der Waals surface area (Å²) in [5, 5.41) is 0.812. The second-order valence-corrected chi connectivity index (χ2v) is 3.21. The zero-order valence-corrected chi connectivity index (χ0v) is 7.76. The minimum atomic E-state index is 0.218. The number of fused-ring (bicyclic) bond motifs is 1. The van der Waals surface area contributed by atoms with E-state index in [9.17, 15) is 0 Å². The van der Waals surface area contributed by atoms with E-state index in [1.54, 1.807) is 12.4 Å². The number of rotatable bonds is 0. The monoisotopic (exact) mass is 201 g/mol. The molecule has 0 N–H and O–H groups in total. The number of aryl methyl sites for hydroxylation is 1. The summed E-state index contributed by atoms with van der Waals surface area (Å²) >= 11 is 11.5. The maximum atomic E-state index is 5.88. The lowest BCUT2D eigenvalue weighted by atomic mass is 10.5. The Kier molecular flexibility index (Phi) is 1.70. The van der Waals surface area contributed by atoms with E-state index in [1.807, 2.05) is 11.6 Å². The van der Waals surface area contributed by atoms with Gasteiger partial charge in [0.1, 0.15) is 5.52 Å². The second kappa shape index (κ2) is 2.61. The molecule has 5 heteroatoms. The molecule has 2 rings (SSSR count). The number of aromatic nitrogens is 3. The molecule has 0 aliphatic rings. The van der Waals surface area contributed by atoms with Gasteiger partial charge >= 0.3 is 0 Å². The highest BCUT2D eigenvalue weighted by Crippen LogP contribution is 2.22. The SMILES string of the molecule is Cn1cc(Cl)c2nc(Cl)ncc21. The third-order valence-electron chi connectivity index (χ3n) is 1.65. The molecule has 0 saturated heterocycles. The molecule has 2 heterocycles. The van der Waals surface area contributed by atoms with Gasteiger partial charge in [-0.1, -0.05) is 11.6 Å². The van der Waals surface area contributed by atoms with Crippen molar-refractivity contribution in [2.45, 2.75) is 0 Å². The van der Waals surface area contributed by atoms with Crippen LogP contribution in [0.25, 0.3) is 11.0 Å². The van der Waals surface area contributed by atoms with E-state index in [0.717, 1.165) is 5.52 Å². The van der Waals surface area contributed by atoms with Crippen LogP contribution in [0.15, 0.2) is 12.4 Å². The number of hydrogen-bond donors (Lipinski definition) is 0. The van der Waals surface area contributed by atoms with Crippen LogP contribution in [-0.4, -0.2) is 14.5 Å². The first-order chi connectivity index (χ1) is 5.68. The van der Waals surface area contributed by atoms with Crippen LogP contribution in [0, 0.1) is 0 Å². The molecule has 0 aliphatic carbocycles. The van der Waals surface area contributed by atoms with Crippen molar-refractivity contribution in [2.75, 3.05) is 0 Å². The van der Waals surface area contributed by atoms with E-state index in [2.05, 4.69) is 9.97 Å². The molecule has 2 aromatic heterocycles. The molecule has 0 atom stereocenters. The van der Waals surface area contributed by atoms with Gasteiger partial charge in [-0.05, 0) is 11.6 Å². The van der Waals surface area contributed by atoms with Crippen molar-refractivity contribution in [1.29, 1.82) is 0 Å². The smallest absolute Gasteiger partial charge is 0.223 e. The second-order valence-electron chi connectivity index (χ2n) is 2.46. The van der Waals surface area contributed by atoms with Crippen molar-refractivity contribution in [3.05, 3.63) is 22.7 Å². The van der Waals surface area contributed by atoms with Gasteiger partial charge in [0.2, 0.25) is 5.28 Å². The average Bonchev–Trinajstić information content (AvgIpc) is 2.28. The third kappa shape index (κ3) is 1.06. The highest BCUT2D eigenvalue weighted by molar-refractivity contribution is 6.35. The maximum absolute atomic E-state index is 5.88. The van der Waals surface area contributed by atoms with E-state index < -0.39 is 0 Å². The number of nitrogens with zero attached hydrogens (tertiary/aromatic N) is 3. The molecule has 0 amide bonds. The fourth-order valence-electron chi connectivity index (χ4n) is 1.09. The predicted molar refractivity (Wildman–Crippen MR) is 48.5 cm³/mol. The quantitative estimate of drug-likeness (QED) is 0.613. The molecule has 2 aromatic rings. The molecule has 0 saturated carbocycles. The van der Waals surface area contributed by atoms with Gasteiger partial charge in [-0.15, -0.1) is 0 Å². The van der Waals surface area contributed by atoms with E-state index in [1.165, 1.54) is 0 Å². The Labute approximate surface area is 78.9 Å². The zero-order valence-electron chi connectivity index (χ0n) is 6.25. The minimum absolute atomic E-state index is 0.218. The molecule has 0 fully saturated rings. The van der Waals surface area contributed by atoms with Crippen LogP contribution < -0.4 is 0 Å². The Balaban J connectivity index is 2.90. The summed E-state index contributed by atoms with van der Waals surface area (Å²) in [6.07, 6.45) is 3.42. The molecule has 0 aromatic carbocycles. The van der Waals surface area contributed by atoms with E-state index in [4.69, 9.17) is 23.2 Å². The van der Waals surface area contributed by atoms with Crippen LogP contribution in [-0.2, 0) is 7.05 Å². The molecule has 0 aliphatic heterocycles.